The lowest BCUT2D eigenvalue weighted by molar-refractivity contribution is 1.05. The highest BCUT2D eigenvalue weighted by Crippen LogP contribution is 2.34. The third-order valence-electron chi connectivity index (χ3n) is 15.9. The van der Waals surface area contributed by atoms with Crippen LogP contribution in [0.15, 0.2) is 348 Å². The third-order valence-corrected chi connectivity index (χ3v) is 15.9. The summed E-state index contributed by atoms with van der Waals surface area (Å²) in [6, 6.07) is 94.3. The summed E-state index contributed by atoms with van der Waals surface area (Å²) in [6.07, 6.45) is 19.6. The van der Waals surface area contributed by atoms with Crippen LogP contribution in [-0.2, 0) is 19.3 Å². The number of hydrogen-bond acceptors (Lipinski definition) is 8. The molecule has 1 aliphatic carbocycles. The average Bonchev–Trinajstić information content (AvgIpc) is 1.87. The van der Waals surface area contributed by atoms with Crippen LogP contribution in [0.3, 0.4) is 0 Å². The standard InChI is InChI=1S/C19H14N2.2C18H13N.C13H11N.C10H9N.C3H3N3/c1-3-9-15(10-4-1)19-20-17-13-7-8-14-18(17)21(19)16-11-5-2-6-12-16;1-3-9-15-13(6-1)8-5-10-16(15)18-12-14-7-2-4-11-17(14)19-18;1-2-6-14-11-16(10-9-13(14)5-1)18-12-15-7-3-4-8-17(15)19-18;1-2-6-10(5-1)13-9-11-7-3-4-8-12(11)14-13;1-2-5-9(6-3-1)10-7-4-8-11-10;1-4-2-6-3-5-1/h1-14H;2*1-11H,12H2;1-5,7-8H,6,9H2;1-6,8H,7H2;1-3H. The summed E-state index contributed by atoms with van der Waals surface area (Å²) in [5, 5.41) is 5.12. The van der Waals surface area contributed by atoms with Gasteiger partial charge in [-0.3, -0.25) is 24.5 Å². The zero-order chi connectivity index (χ0) is 60.5. The molecule has 4 aliphatic heterocycles. The van der Waals surface area contributed by atoms with E-state index in [0.29, 0.717) is 0 Å². The Hall–Kier alpha value is -11.7. The lowest BCUT2D eigenvalue weighted by atomic mass is 9.98. The first-order valence-corrected chi connectivity index (χ1v) is 30.4. The maximum Gasteiger partial charge on any atom is 0.145 e. The number of nitrogens with zero attached hydrogens (tertiary/aromatic N) is 9. The van der Waals surface area contributed by atoms with Gasteiger partial charge in [0.05, 0.1) is 45.2 Å². The van der Waals surface area contributed by atoms with E-state index in [1.54, 1.807) is 0 Å². The van der Waals surface area contributed by atoms with E-state index in [0.717, 1.165) is 77.3 Å². The number of imidazole rings is 1. The van der Waals surface area contributed by atoms with Crippen LogP contribution < -0.4 is 0 Å². The molecule has 2 aromatic heterocycles. The lowest BCUT2D eigenvalue weighted by Gasteiger charge is -2.09. The molecule has 0 fully saturated rings. The quantitative estimate of drug-likeness (QED) is 0.165. The number of allylic oxidation sites excluding steroid dienone is 5. The topological polar surface area (TPSA) is 106 Å². The average molecular weight is 1160 g/mol. The van der Waals surface area contributed by atoms with Gasteiger partial charge >= 0.3 is 0 Å². The van der Waals surface area contributed by atoms with Crippen molar-refractivity contribution in [3.8, 4) is 17.1 Å². The molecule has 11 aromatic carbocycles. The number of aliphatic imine (C=N–C) groups is 4. The van der Waals surface area contributed by atoms with E-state index in [-0.39, 0.29) is 0 Å². The smallest absolute Gasteiger partial charge is 0.145 e. The summed E-state index contributed by atoms with van der Waals surface area (Å²) in [7, 11) is 0. The molecule has 9 heteroatoms. The number of hydrogen-bond donors (Lipinski definition) is 0. The molecule has 0 saturated carbocycles. The predicted octanol–water partition coefficient (Wildman–Crippen LogP) is 19.2. The van der Waals surface area contributed by atoms with E-state index in [9.17, 15) is 0 Å². The molecule has 0 N–H and O–H groups in total. The summed E-state index contributed by atoms with van der Waals surface area (Å²) in [4.78, 5) is 33.9. The van der Waals surface area contributed by atoms with E-state index < -0.39 is 0 Å². The van der Waals surface area contributed by atoms with Gasteiger partial charge in [0.25, 0.3) is 0 Å². The Morgan fingerprint density at radius 3 is 1.52 bits per heavy atom. The molecule has 6 heterocycles. The molecule has 18 rings (SSSR count). The van der Waals surface area contributed by atoms with Gasteiger partial charge < -0.3 is 0 Å². The van der Waals surface area contributed by atoms with E-state index in [4.69, 9.17) is 15.0 Å². The highest BCUT2D eigenvalue weighted by molar-refractivity contribution is 6.14. The Labute approximate surface area is 524 Å². The number of para-hydroxylation sites is 6. The molecule has 0 radical (unpaired) electrons. The summed E-state index contributed by atoms with van der Waals surface area (Å²) in [6.45, 7) is 0. The van der Waals surface area contributed by atoms with Gasteiger partial charge in [-0.05, 0) is 110 Å². The van der Waals surface area contributed by atoms with Gasteiger partial charge in [0, 0.05) is 54.4 Å². The first kappa shape index (κ1) is 57.4. The van der Waals surface area contributed by atoms with Crippen LogP contribution >= 0.6 is 0 Å². The SMILES string of the molecule is C1=CCC(C2=Nc3ccccc3C2)=C1.C1=CN=C(c2ccccc2)C1.c1ccc(-c2nc3ccccc3n2-c2ccccc2)cc1.c1ccc2c(c1)CC(c1ccc3ccccc3c1)=N2.c1ccc2c(c1)CC(c1cccc3ccccc13)=N2.c1ncncn1. The predicted molar refractivity (Wildman–Crippen MR) is 373 cm³/mol. The van der Waals surface area contributed by atoms with E-state index in [1.165, 1.54) is 102 Å². The maximum absolute atomic E-state index is 4.82. The van der Waals surface area contributed by atoms with E-state index in [2.05, 4.69) is 260 Å². The fraction of sp³-hybridized carbons (Fsp3) is 0.0617. The van der Waals surface area contributed by atoms with Crippen LogP contribution in [0.2, 0.25) is 0 Å². The molecule has 0 atom stereocenters. The van der Waals surface area contributed by atoms with Crippen LogP contribution in [0.1, 0.15) is 46.2 Å². The van der Waals surface area contributed by atoms with Crippen molar-refractivity contribution in [3.63, 3.8) is 0 Å². The first-order chi connectivity index (χ1) is 44.6. The molecule has 0 amide bonds. The van der Waals surface area contributed by atoms with Gasteiger partial charge in [0.15, 0.2) is 0 Å². The van der Waals surface area contributed by atoms with Gasteiger partial charge in [-0.25, -0.2) is 19.9 Å². The Morgan fingerprint density at radius 2 is 0.889 bits per heavy atom. The fourth-order valence-electron chi connectivity index (χ4n) is 11.5. The lowest BCUT2D eigenvalue weighted by Crippen LogP contribution is -2.01. The molecule has 0 spiro atoms. The third kappa shape index (κ3) is 13.8. The Kier molecular flexibility index (Phi) is 18.0. The first-order valence-electron chi connectivity index (χ1n) is 30.4. The van der Waals surface area contributed by atoms with Gasteiger partial charge in [0.2, 0.25) is 0 Å². The maximum atomic E-state index is 4.82. The highest BCUT2D eigenvalue weighted by Gasteiger charge is 2.20. The van der Waals surface area contributed by atoms with Crippen LogP contribution in [-0.4, -0.2) is 47.3 Å². The van der Waals surface area contributed by atoms with Crippen LogP contribution in [0.5, 0.6) is 0 Å². The highest BCUT2D eigenvalue weighted by atomic mass is 15.1. The second kappa shape index (κ2) is 28.2. The van der Waals surface area contributed by atoms with Gasteiger partial charge in [-0.1, -0.05) is 249 Å². The minimum atomic E-state index is 0.935. The Bertz CT molecular complexity index is 4810. The van der Waals surface area contributed by atoms with Crippen molar-refractivity contribution in [2.75, 3.05) is 0 Å². The summed E-state index contributed by atoms with van der Waals surface area (Å²) >= 11 is 0. The molecule has 0 saturated heterocycles. The zero-order valence-corrected chi connectivity index (χ0v) is 49.7. The van der Waals surface area contributed by atoms with Crippen molar-refractivity contribution < 1.29 is 0 Å². The molecular formula is C81H63N9. The van der Waals surface area contributed by atoms with Crippen molar-refractivity contribution in [3.05, 3.63) is 361 Å². The van der Waals surface area contributed by atoms with Crippen molar-refractivity contribution in [2.24, 2.45) is 20.0 Å². The van der Waals surface area contributed by atoms with Crippen molar-refractivity contribution in [1.82, 2.24) is 24.5 Å². The molecule has 90 heavy (non-hydrogen) atoms. The van der Waals surface area contributed by atoms with E-state index in [1.807, 2.05) is 72.9 Å². The number of aromatic nitrogens is 5. The van der Waals surface area contributed by atoms with Gasteiger partial charge in [0.1, 0.15) is 24.8 Å². The summed E-state index contributed by atoms with van der Waals surface area (Å²) in [5.74, 6) is 0.975. The minimum absolute atomic E-state index is 0.935. The van der Waals surface area contributed by atoms with Crippen molar-refractivity contribution in [1.29, 1.82) is 0 Å². The molecule has 5 aliphatic rings. The van der Waals surface area contributed by atoms with E-state index >= 15 is 0 Å². The second-order valence-electron chi connectivity index (χ2n) is 21.8. The Morgan fingerprint density at radius 1 is 0.356 bits per heavy atom. The summed E-state index contributed by atoms with van der Waals surface area (Å²) < 4.78 is 2.21. The normalized spacial score (nSPS) is 13.4. The molecule has 0 bridgehead atoms. The van der Waals surface area contributed by atoms with Crippen LogP contribution in [0.25, 0.3) is 49.7 Å². The minimum Gasteiger partial charge on any atom is -0.292 e. The summed E-state index contributed by atoms with van der Waals surface area (Å²) in [5.41, 5.74) is 21.7. The molecular weight excluding hydrogens is 1100 g/mol. The zero-order valence-electron chi connectivity index (χ0n) is 49.7. The molecule has 13 aromatic rings. The second-order valence-corrected chi connectivity index (χ2v) is 21.8. The number of rotatable bonds is 6. The van der Waals surface area contributed by atoms with Gasteiger partial charge in [-0.15, -0.1) is 0 Å². The van der Waals surface area contributed by atoms with Crippen molar-refractivity contribution >= 4 is 72.5 Å². The van der Waals surface area contributed by atoms with Crippen LogP contribution in [0, 0.1) is 0 Å². The molecule has 0 unspecified atom stereocenters. The molecule has 9 nitrogen and oxygen atoms in total. The monoisotopic (exact) mass is 1160 g/mol. The Balaban J connectivity index is 0.000000102. The number of fused-ring (bicyclic) bond motifs is 6. The largest absolute Gasteiger partial charge is 0.292 e. The molecule has 432 valence electrons. The number of benzene rings is 11. The van der Waals surface area contributed by atoms with Crippen molar-refractivity contribution in [2.45, 2.75) is 32.1 Å². The van der Waals surface area contributed by atoms with Crippen LogP contribution in [0.4, 0.5) is 17.1 Å². The fourth-order valence-corrected chi connectivity index (χ4v) is 11.5. The van der Waals surface area contributed by atoms with Gasteiger partial charge in [-0.2, -0.15) is 0 Å².